The summed E-state index contributed by atoms with van der Waals surface area (Å²) in [6, 6.07) is 6.77. The molecule has 0 amide bonds. The van der Waals surface area contributed by atoms with E-state index in [0.29, 0.717) is 17.5 Å². The molecule has 0 radical (unpaired) electrons. The van der Waals surface area contributed by atoms with Gasteiger partial charge in [-0.15, -0.1) is 11.6 Å². The van der Waals surface area contributed by atoms with E-state index in [2.05, 4.69) is 0 Å². The zero-order chi connectivity index (χ0) is 10.6. The third kappa shape index (κ3) is 2.88. The zero-order valence-corrected chi connectivity index (χ0v) is 9.26. The van der Waals surface area contributed by atoms with Gasteiger partial charge in [0.2, 0.25) is 0 Å². The van der Waals surface area contributed by atoms with E-state index in [0.717, 1.165) is 6.54 Å². The van der Waals surface area contributed by atoms with Gasteiger partial charge in [-0.3, -0.25) is 0 Å². The molecule has 3 heteroatoms. The van der Waals surface area contributed by atoms with Crippen molar-refractivity contribution < 1.29 is 4.39 Å². The second kappa shape index (κ2) is 5.20. The number of benzene rings is 1. The van der Waals surface area contributed by atoms with E-state index in [4.69, 9.17) is 11.6 Å². The average molecular weight is 216 g/mol. The van der Waals surface area contributed by atoms with Gasteiger partial charge in [-0.2, -0.15) is 0 Å². The Morgan fingerprint density at radius 2 is 2.07 bits per heavy atom. The Bertz CT molecular complexity index is 290. The SMILES string of the molecule is CC(CCl)CN(C)c1ccccc1F. The first-order valence-corrected chi connectivity index (χ1v) is 5.20. The molecule has 0 aliphatic heterocycles. The summed E-state index contributed by atoms with van der Waals surface area (Å²) >= 11 is 5.70. The number of halogens is 2. The molecule has 0 aliphatic rings. The van der Waals surface area contributed by atoms with Crippen LogP contribution in [-0.2, 0) is 0 Å². The van der Waals surface area contributed by atoms with Crippen LogP contribution in [0.25, 0.3) is 0 Å². The molecule has 1 nitrogen and oxygen atoms in total. The molecule has 0 aromatic heterocycles. The van der Waals surface area contributed by atoms with E-state index in [-0.39, 0.29) is 5.82 Å². The largest absolute Gasteiger partial charge is 0.372 e. The van der Waals surface area contributed by atoms with Crippen molar-refractivity contribution in [1.29, 1.82) is 0 Å². The number of alkyl halides is 1. The number of hydrogen-bond donors (Lipinski definition) is 0. The fourth-order valence-electron chi connectivity index (χ4n) is 1.38. The van der Waals surface area contributed by atoms with Crippen LogP contribution in [0.2, 0.25) is 0 Å². The molecule has 1 aromatic rings. The lowest BCUT2D eigenvalue weighted by atomic mass is 10.2. The summed E-state index contributed by atoms with van der Waals surface area (Å²) in [4.78, 5) is 1.89. The highest BCUT2D eigenvalue weighted by Gasteiger charge is 2.09. The quantitative estimate of drug-likeness (QED) is 0.698. The van der Waals surface area contributed by atoms with Crippen molar-refractivity contribution >= 4 is 17.3 Å². The van der Waals surface area contributed by atoms with Gasteiger partial charge in [0.05, 0.1) is 5.69 Å². The Hall–Kier alpha value is -0.760. The minimum atomic E-state index is -0.184. The first-order chi connectivity index (χ1) is 6.65. The Kier molecular flexibility index (Phi) is 4.21. The predicted octanol–water partition coefficient (Wildman–Crippen LogP) is 3.14. The fourth-order valence-corrected chi connectivity index (χ4v) is 1.47. The Morgan fingerprint density at radius 3 is 2.64 bits per heavy atom. The van der Waals surface area contributed by atoms with E-state index in [9.17, 15) is 4.39 Å². The molecule has 0 saturated heterocycles. The van der Waals surface area contributed by atoms with Gasteiger partial charge in [-0.05, 0) is 18.1 Å². The second-order valence-electron chi connectivity index (χ2n) is 3.59. The van der Waals surface area contributed by atoms with Crippen LogP contribution >= 0.6 is 11.6 Å². The van der Waals surface area contributed by atoms with Gasteiger partial charge < -0.3 is 4.90 Å². The molecule has 0 N–H and O–H groups in total. The lowest BCUT2D eigenvalue weighted by molar-refractivity contribution is 0.602. The van der Waals surface area contributed by atoms with Crippen LogP contribution in [0.15, 0.2) is 24.3 Å². The predicted molar refractivity (Wildman–Crippen MR) is 59.6 cm³/mol. The number of hydrogen-bond acceptors (Lipinski definition) is 1. The topological polar surface area (TPSA) is 3.24 Å². The van der Waals surface area contributed by atoms with Crippen molar-refractivity contribution in [2.24, 2.45) is 5.92 Å². The summed E-state index contributed by atoms with van der Waals surface area (Å²) in [5, 5.41) is 0. The maximum atomic E-state index is 13.3. The van der Waals surface area contributed by atoms with Gasteiger partial charge >= 0.3 is 0 Å². The van der Waals surface area contributed by atoms with E-state index in [1.165, 1.54) is 6.07 Å². The molecule has 0 heterocycles. The Morgan fingerprint density at radius 1 is 1.43 bits per heavy atom. The van der Waals surface area contributed by atoms with Crippen molar-refractivity contribution in [3.05, 3.63) is 30.1 Å². The minimum absolute atomic E-state index is 0.184. The van der Waals surface area contributed by atoms with Crippen molar-refractivity contribution in [1.82, 2.24) is 0 Å². The van der Waals surface area contributed by atoms with E-state index in [1.807, 2.05) is 24.9 Å². The highest BCUT2D eigenvalue weighted by molar-refractivity contribution is 6.18. The molecule has 0 spiro atoms. The van der Waals surface area contributed by atoms with Crippen molar-refractivity contribution in [3.8, 4) is 0 Å². The maximum absolute atomic E-state index is 13.3. The van der Waals surface area contributed by atoms with E-state index >= 15 is 0 Å². The van der Waals surface area contributed by atoms with Crippen LogP contribution in [0.3, 0.4) is 0 Å². The highest BCUT2D eigenvalue weighted by atomic mass is 35.5. The number of nitrogens with zero attached hydrogens (tertiary/aromatic N) is 1. The van der Waals surface area contributed by atoms with Gasteiger partial charge in [0.1, 0.15) is 5.82 Å². The molecule has 78 valence electrons. The lowest BCUT2D eigenvalue weighted by Gasteiger charge is -2.22. The number of rotatable bonds is 4. The Balaban J connectivity index is 2.69. The number of anilines is 1. The standard InChI is InChI=1S/C11H15ClFN/c1-9(7-12)8-14(2)11-6-4-3-5-10(11)13/h3-6,9H,7-8H2,1-2H3. The van der Waals surface area contributed by atoms with E-state index < -0.39 is 0 Å². The molecular formula is C11H15ClFN. The molecule has 1 rings (SSSR count). The second-order valence-corrected chi connectivity index (χ2v) is 3.90. The van der Waals surface area contributed by atoms with Crippen LogP contribution in [0.4, 0.5) is 10.1 Å². The zero-order valence-electron chi connectivity index (χ0n) is 8.50. The summed E-state index contributed by atoms with van der Waals surface area (Å²) in [6.07, 6.45) is 0. The van der Waals surface area contributed by atoms with E-state index in [1.54, 1.807) is 12.1 Å². The molecular weight excluding hydrogens is 201 g/mol. The van der Waals surface area contributed by atoms with Crippen molar-refractivity contribution in [3.63, 3.8) is 0 Å². The normalized spacial score (nSPS) is 12.6. The van der Waals surface area contributed by atoms with Crippen LogP contribution in [-0.4, -0.2) is 19.5 Å². The van der Waals surface area contributed by atoms with Crippen LogP contribution in [0.1, 0.15) is 6.92 Å². The first-order valence-electron chi connectivity index (χ1n) is 4.66. The molecule has 14 heavy (non-hydrogen) atoms. The molecule has 0 saturated carbocycles. The number of para-hydroxylation sites is 1. The maximum Gasteiger partial charge on any atom is 0.146 e. The molecule has 0 aliphatic carbocycles. The van der Waals surface area contributed by atoms with Gasteiger partial charge in [0, 0.05) is 19.5 Å². The molecule has 0 bridgehead atoms. The summed E-state index contributed by atoms with van der Waals surface area (Å²) < 4.78 is 13.3. The van der Waals surface area contributed by atoms with Gasteiger partial charge in [-0.1, -0.05) is 19.1 Å². The minimum Gasteiger partial charge on any atom is -0.372 e. The van der Waals surface area contributed by atoms with Crippen molar-refractivity contribution in [2.45, 2.75) is 6.92 Å². The van der Waals surface area contributed by atoms with Crippen LogP contribution in [0.5, 0.6) is 0 Å². The van der Waals surface area contributed by atoms with Crippen molar-refractivity contribution in [2.75, 3.05) is 24.4 Å². The molecule has 1 atom stereocenters. The third-order valence-corrected chi connectivity index (χ3v) is 2.64. The summed E-state index contributed by atoms with van der Waals surface area (Å²) in [5.41, 5.74) is 0.629. The smallest absolute Gasteiger partial charge is 0.146 e. The molecule has 0 fully saturated rings. The van der Waals surface area contributed by atoms with Gasteiger partial charge in [-0.25, -0.2) is 4.39 Å². The summed E-state index contributed by atoms with van der Waals surface area (Å²) in [5.74, 6) is 0.775. The summed E-state index contributed by atoms with van der Waals surface area (Å²) in [6.45, 7) is 2.81. The van der Waals surface area contributed by atoms with Crippen LogP contribution in [0, 0.1) is 11.7 Å². The Labute approximate surface area is 89.5 Å². The average Bonchev–Trinajstić information content (AvgIpc) is 2.18. The third-order valence-electron chi connectivity index (χ3n) is 2.11. The summed E-state index contributed by atoms with van der Waals surface area (Å²) in [7, 11) is 1.88. The molecule has 1 aromatic carbocycles. The first kappa shape index (κ1) is 11.3. The van der Waals surface area contributed by atoms with Gasteiger partial charge in [0.25, 0.3) is 0 Å². The molecule has 1 unspecified atom stereocenters. The fraction of sp³-hybridized carbons (Fsp3) is 0.455. The monoisotopic (exact) mass is 215 g/mol. The lowest BCUT2D eigenvalue weighted by Crippen LogP contribution is -2.25. The highest BCUT2D eigenvalue weighted by Crippen LogP contribution is 2.18. The van der Waals surface area contributed by atoms with Crippen LogP contribution < -0.4 is 4.90 Å². The van der Waals surface area contributed by atoms with Gasteiger partial charge in [0.15, 0.2) is 0 Å².